The van der Waals surface area contributed by atoms with E-state index in [2.05, 4.69) is 6.92 Å². The maximum absolute atomic E-state index is 9.80. The van der Waals surface area contributed by atoms with Crippen molar-refractivity contribution in [2.24, 2.45) is 29.6 Å². The minimum atomic E-state index is 0.0267. The molecule has 6 atom stereocenters. The highest BCUT2D eigenvalue weighted by molar-refractivity contribution is 4.92. The van der Waals surface area contributed by atoms with Gasteiger partial charge in [0.05, 0.1) is 6.10 Å². The van der Waals surface area contributed by atoms with Crippen molar-refractivity contribution in [3.63, 3.8) is 0 Å². The molecular weight excluding hydrogens is 196 g/mol. The average Bonchev–Trinajstić information content (AvgIpc) is 2.26. The quantitative estimate of drug-likeness (QED) is 0.664. The van der Waals surface area contributed by atoms with E-state index >= 15 is 0 Å². The van der Waals surface area contributed by atoms with Crippen molar-refractivity contribution in [3.05, 3.63) is 0 Å². The van der Waals surface area contributed by atoms with E-state index in [0.717, 1.165) is 42.4 Å². The molecule has 0 aromatic heterocycles. The van der Waals surface area contributed by atoms with Crippen LogP contribution in [0.4, 0.5) is 0 Å². The van der Waals surface area contributed by atoms with E-state index in [-0.39, 0.29) is 6.10 Å². The molecule has 0 saturated heterocycles. The lowest BCUT2D eigenvalue weighted by atomic mass is 9.58. The summed E-state index contributed by atoms with van der Waals surface area (Å²) in [4.78, 5) is 0. The van der Waals surface area contributed by atoms with Crippen LogP contribution in [-0.4, -0.2) is 11.2 Å². The summed E-state index contributed by atoms with van der Waals surface area (Å²) < 4.78 is 0. The van der Waals surface area contributed by atoms with Crippen LogP contribution in [0, 0.1) is 29.6 Å². The maximum Gasteiger partial charge on any atom is 0.0543 e. The normalized spacial score (nSPS) is 52.9. The van der Waals surface area contributed by atoms with E-state index in [1.165, 1.54) is 38.5 Å². The lowest BCUT2D eigenvalue weighted by Gasteiger charge is -2.48. The van der Waals surface area contributed by atoms with Gasteiger partial charge in [0.1, 0.15) is 0 Å². The minimum absolute atomic E-state index is 0.0267. The van der Waals surface area contributed by atoms with Crippen LogP contribution in [0.3, 0.4) is 0 Å². The van der Waals surface area contributed by atoms with Crippen molar-refractivity contribution in [2.75, 3.05) is 0 Å². The molecule has 3 aliphatic rings. The third-order valence-corrected chi connectivity index (χ3v) is 5.73. The minimum Gasteiger partial charge on any atom is -0.393 e. The monoisotopic (exact) mass is 222 g/mol. The lowest BCUT2D eigenvalue weighted by Crippen LogP contribution is -2.39. The van der Waals surface area contributed by atoms with Crippen molar-refractivity contribution >= 4 is 0 Å². The smallest absolute Gasteiger partial charge is 0.0543 e. The molecule has 0 bridgehead atoms. The fraction of sp³-hybridized carbons (Fsp3) is 1.00. The number of aliphatic hydroxyl groups is 1. The molecule has 3 rings (SSSR count). The van der Waals surface area contributed by atoms with Gasteiger partial charge in [-0.15, -0.1) is 0 Å². The number of fused-ring (bicyclic) bond motifs is 2. The molecule has 3 saturated carbocycles. The van der Waals surface area contributed by atoms with Gasteiger partial charge in [0.15, 0.2) is 0 Å². The van der Waals surface area contributed by atoms with Gasteiger partial charge in [-0.25, -0.2) is 0 Å². The Hall–Kier alpha value is -0.0400. The number of rotatable bonds is 0. The fourth-order valence-electron chi connectivity index (χ4n) is 4.84. The molecular formula is C15H26O. The van der Waals surface area contributed by atoms with Gasteiger partial charge in [-0.05, 0) is 74.5 Å². The summed E-state index contributed by atoms with van der Waals surface area (Å²) in [6.07, 6.45) is 10.9. The summed E-state index contributed by atoms with van der Waals surface area (Å²) in [5.41, 5.74) is 0. The van der Waals surface area contributed by atoms with E-state index in [9.17, 15) is 5.11 Å². The number of aliphatic hydroxyl groups excluding tert-OH is 1. The Kier molecular flexibility index (Phi) is 2.99. The highest BCUT2D eigenvalue weighted by Gasteiger charge is 2.41. The first kappa shape index (κ1) is 11.1. The van der Waals surface area contributed by atoms with Crippen molar-refractivity contribution in [3.8, 4) is 0 Å². The summed E-state index contributed by atoms with van der Waals surface area (Å²) in [6.45, 7) is 2.43. The molecule has 3 fully saturated rings. The van der Waals surface area contributed by atoms with Crippen LogP contribution in [-0.2, 0) is 0 Å². The van der Waals surface area contributed by atoms with E-state index in [1.54, 1.807) is 0 Å². The van der Waals surface area contributed by atoms with E-state index < -0.39 is 0 Å². The lowest BCUT2D eigenvalue weighted by molar-refractivity contribution is -0.00613. The van der Waals surface area contributed by atoms with Gasteiger partial charge in [-0.3, -0.25) is 0 Å². The van der Waals surface area contributed by atoms with Crippen LogP contribution < -0.4 is 0 Å². The fourth-order valence-corrected chi connectivity index (χ4v) is 4.84. The number of hydrogen-bond acceptors (Lipinski definition) is 1. The van der Waals surface area contributed by atoms with Crippen LogP contribution in [0.1, 0.15) is 58.3 Å². The summed E-state index contributed by atoms with van der Waals surface area (Å²) >= 11 is 0. The summed E-state index contributed by atoms with van der Waals surface area (Å²) in [6, 6.07) is 0. The van der Waals surface area contributed by atoms with Crippen LogP contribution in [0.15, 0.2) is 0 Å². The van der Waals surface area contributed by atoms with Gasteiger partial charge in [0.2, 0.25) is 0 Å². The molecule has 0 heterocycles. The molecule has 92 valence electrons. The summed E-state index contributed by atoms with van der Waals surface area (Å²) in [5, 5.41) is 9.80. The molecule has 0 aromatic carbocycles. The van der Waals surface area contributed by atoms with Gasteiger partial charge < -0.3 is 5.11 Å². The third-order valence-electron chi connectivity index (χ3n) is 5.73. The van der Waals surface area contributed by atoms with Crippen molar-refractivity contribution in [2.45, 2.75) is 64.4 Å². The molecule has 3 aliphatic carbocycles. The van der Waals surface area contributed by atoms with Crippen LogP contribution in [0.5, 0.6) is 0 Å². The molecule has 1 heteroatoms. The van der Waals surface area contributed by atoms with Gasteiger partial charge >= 0.3 is 0 Å². The Labute approximate surface area is 99.6 Å². The van der Waals surface area contributed by atoms with Crippen LogP contribution in [0.2, 0.25) is 0 Å². The van der Waals surface area contributed by atoms with Gasteiger partial charge in [0.25, 0.3) is 0 Å². The number of hydrogen-bond donors (Lipinski definition) is 1. The van der Waals surface area contributed by atoms with Gasteiger partial charge in [-0.2, -0.15) is 0 Å². The molecule has 6 unspecified atom stereocenters. The zero-order chi connectivity index (χ0) is 11.1. The second kappa shape index (κ2) is 4.33. The second-order valence-electron chi connectivity index (χ2n) is 6.90. The highest BCUT2D eigenvalue weighted by Crippen LogP contribution is 2.50. The van der Waals surface area contributed by atoms with Gasteiger partial charge in [0, 0.05) is 0 Å². The van der Waals surface area contributed by atoms with Crippen molar-refractivity contribution in [1.82, 2.24) is 0 Å². The summed E-state index contributed by atoms with van der Waals surface area (Å²) in [7, 11) is 0. The predicted octanol–water partition coefficient (Wildman–Crippen LogP) is 3.61. The first-order valence-electron chi connectivity index (χ1n) is 7.40. The Morgan fingerprint density at radius 1 is 0.688 bits per heavy atom. The molecule has 0 aliphatic heterocycles. The molecule has 16 heavy (non-hydrogen) atoms. The van der Waals surface area contributed by atoms with Crippen LogP contribution >= 0.6 is 0 Å². The zero-order valence-corrected chi connectivity index (χ0v) is 10.6. The molecule has 0 amide bonds. The van der Waals surface area contributed by atoms with E-state index in [0.29, 0.717) is 0 Å². The van der Waals surface area contributed by atoms with Crippen molar-refractivity contribution in [1.29, 1.82) is 0 Å². The SMILES string of the molecule is CC1CCC2CC3CCC(O)CC3CC2C1. The topological polar surface area (TPSA) is 20.2 Å². The second-order valence-corrected chi connectivity index (χ2v) is 6.90. The predicted molar refractivity (Wildman–Crippen MR) is 66.1 cm³/mol. The Morgan fingerprint density at radius 2 is 1.31 bits per heavy atom. The maximum atomic E-state index is 9.80. The third kappa shape index (κ3) is 2.03. The standard InChI is InChI=1S/C15H26O/c1-10-2-3-11-7-12-4-5-15(16)9-14(12)8-13(11)6-10/h10-16H,2-9H2,1H3. The van der Waals surface area contributed by atoms with Gasteiger partial charge in [-0.1, -0.05) is 13.3 Å². The molecule has 1 N–H and O–H groups in total. The van der Waals surface area contributed by atoms with E-state index in [1.807, 2.05) is 0 Å². The van der Waals surface area contributed by atoms with Crippen molar-refractivity contribution < 1.29 is 5.11 Å². The molecule has 0 radical (unpaired) electrons. The first-order chi connectivity index (χ1) is 7.72. The van der Waals surface area contributed by atoms with E-state index in [4.69, 9.17) is 0 Å². The average molecular weight is 222 g/mol. The Morgan fingerprint density at radius 3 is 2.12 bits per heavy atom. The Balaban J connectivity index is 1.67. The molecule has 0 spiro atoms. The molecule has 1 nitrogen and oxygen atoms in total. The highest BCUT2D eigenvalue weighted by atomic mass is 16.3. The molecule has 0 aromatic rings. The first-order valence-corrected chi connectivity index (χ1v) is 7.40. The summed E-state index contributed by atoms with van der Waals surface area (Å²) in [5.74, 6) is 4.86. The van der Waals surface area contributed by atoms with Crippen LogP contribution in [0.25, 0.3) is 0 Å². The largest absolute Gasteiger partial charge is 0.393 e. The zero-order valence-electron chi connectivity index (χ0n) is 10.6. The Bertz CT molecular complexity index is 226.